The van der Waals surface area contributed by atoms with Crippen molar-refractivity contribution in [3.63, 3.8) is 0 Å². The third kappa shape index (κ3) is 3.38. The summed E-state index contributed by atoms with van der Waals surface area (Å²) in [5.41, 5.74) is 3.87. The third-order valence-corrected chi connectivity index (χ3v) is 3.23. The molecular formula is C17H19NO2. The van der Waals surface area contributed by atoms with Crippen molar-refractivity contribution in [2.75, 3.05) is 19.0 Å². The number of nitrogens with one attached hydrogen (secondary N) is 1. The van der Waals surface area contributed by atoms with Crippen molar-refractivity contribution >= 4 is 11.5 Å². The predicted molar refractivity (Wildman–Crippen MR) is 81.7 cm³/mol. The van der Waals surface area contributed by atoms with Crippen LogP contribution >= 0.6 is 0 Å². The number of carbonyl (C=O) groups excluding carboxylic acids is 1. The number of carbonyl (C=O) groups is 1. The fraction of sp³-hybridized carbons (Fsp3) is 0.235. The molecule has 0 aliphatic carbocycles. The zero-order chi connectivity index (χ0) is 14.5. The Kier molecular flexibility index (Phi) is 4.41. The molecule has 3 nitrogen and oxygen atoms in total. The Morgan fingerprint density at radius 2 is 1.80 bits per heavy atom. The molecule has 0 atom stereocenters. The van der Waals surface area contributed by atoms with E-state index in [1.807, 2.05) is 56.3 Å². The molecule has 0 amide bonds. The van der Waals surface area contributed by atoms with E-state index in [1.165, 1.54) is 5.56 Å². The Hall–Kier alpha value is -2.29. The second-order valence-corrected chi connectivity index (χ2v) is 4.82. The molecule has 0 heterocycles. The summed E-state index contributed by atoms with van der Waals surface area (Å²) >= 11 is 0. The molecule has 0 radical (unpaired) electrons. The van der Waals surface area contributed by atoms with Crippen LogP contribution in [0.4, 0.5) is 5.69 Å². The number of benzene rings is 2. The minimum absolute atomic E-state index is 0.0957. The minimum Gasteiger partial charge on any atom is -0.497 e. The van der Waals surface area contributed by atoms with Gasteiger partial charge in [-0.3, -0.25) is 4.79 Å². The normalized spacial score (nSPS) is 10.2. The number of ketones is 1. The minimum atomic E-state index is 0.0957. The van der Waals surface area contributed by atoms with Crippen molar-refractivity contribution in [2.45, 2.75) is 13.8 Å². The lowest BCUT2D eigenvalue weighted by Gasteiger charge is -2.09. The first-order chi connectivity index (χ1) is 9.60. The maximum Gasteiger partial charge on any atom is 0.182 e. The van der Waals surface area contributed by atoms with Crippen LogP contribution in [0, 0.1) is 13.8 Å². The highest BCUT2D eigenvalue weighted by Crippen LogP contribution is 2.16. The molecule has 20 heavy (non-hydrogen) atoms. The molecule has 3 heteroatoms. The molecule has 0 aromatic heterocycles. The smallest absolute Gasteiger partial charge is 0.182 e. The van der Waals surface area contributed by atoms with Gasteiger partial charge in [-0.2, -0.15) is 0 Å². The first-order valence-corrected chi connectivity index (χ1v) is 6.58. The molecule has 1 N–H and O–H groups in total. The molecule has 0 spiro atoms. The maximum absolute atomic E-state index is 12.2. The number of Topliss-reactive ketones (excluding diaryl/α,β-unsaturated/α-hetero) is 1. The van der Waals surface area contributed by atoms with Crippen molar-refractivity contribution in [3.8, 4) is 5.75 Å². The van der Waals surface area contributed by atoms with Gasteiger partial charge in [-0.25, -0.2) is 0 Å². The zero-order valence-electron chi connectivity index (χ0n) is 12.1. The second kappa shape index (κ2) is 6.24. The maximum atomic E-state index is 12.2. The van der Waals surface area contributed by atoms with E-state index in [2.05, 4.69) is 5.32 Å². The van der Waals surface area contributed by atoms with E-state index in [4.69, 9.17) is 4.74 Å². The Balaban J connectivity index is 2.00. The quantitative estimate of drug-likeness (QED) is 0.843. The molecule has 0 fully saturated rings. The molecule has 2 aromatic rings. The molecule has 0 unspecified atom stereocenters. The molecular weight excluding hydrogens is 250 g/mol. The Labute approximate surface area is 119 Å². The van der Waals surface area contributed by atoms with Gasteiger partial charge in [0.25, 0.3) is 0 Å². The van der Waals surface area contributed by atoms with Crippen LogP contribution in [-0.2, 0) is 0 Å². The van der Waals surface area contributed by atoms with Crippen molar-refractivity contribution in [1.82, 2.24) is 0 Å². The number of methoxy groups -OCH3 is 1. The van der Waals surface area contributed by atoms with E-state index in [-0.39, 0.29) is 12.3 Å². The van der Waals surface area contributed by atoms with Gasteiger partial charge in [-0.05, 0) is 43.7 Å². The van der Waals surface area contributed by atoms with Gasteiger partial charge in [-0.15, -0.1) is 0 Å². The van der Waals surface area contributed by atoms with E-state index in [0.29, 0.717) is 0 Å². The molecule has 0 bridgehead atoms. The first kappa shape index (κ1) is 14.1. The number of anilines is 1. The van der Waals surface area contributed by atoms with Crippen LogP contribution in [0.15, 0.2) is 42.5 Å². The Morgan fingerprint density at radius 3 is 2.40 bits per heavy atom. The zero-order valence-corrected chi connectivity index (χ0v) is 12.1. The number of hydrogen-bond donors (Lipinski definition) is 1. The largest absolute Gasteiger partial charge is 0.497 e. The summed E-state index contributed by atoms with van der Waals surface area (Å²) in [6.07, 6.45) is 0. The number of aryl methyl sites for hydroxylation is 2. The topological polar surface area (TPSA) is 38.3 Å². The van der Waals surface area contributed by atoms with Gasteiger partial charge >= 0.3 is 0 Å². The lowest BCUT2D eigenvalue weighted by Crippen LogP contribution is -2.15. The molecule has 2 aromatic carbocycles. The molecule has 0 saturated carbocycles. The van der Waals surface area contributed by atoms with Crippen LogP contribution in [0.2, 0.25) is 0 Å². The molecule has 0 saturated heterocycles. The molecule has 2 rings (SSSR count). The summed E-state index contributed by atoms with van der Waals surface area (Å²) in [4.78, 5) is 12.2. The molecule has 0 aliphatic rings. The summed E-state index contributed by atoms with van der Waals surface area (Å²) in [6, 6.07) is 13.4. The van der Waals surface area contributed by atoms with Gasteiger partial charge in [-0.1, -0.05) is 23.8 Å². The first-order valence-electron chi connectivity index (χ1n) is 6.58. The van der Waals surface area contributed by atoms with Gasteiger partial charge in [0.15, 0.2) is 5.78 Å². The number of hydrogen-bond acceptors (Lipinski definition) is 3. The van der Waals surface area contributed by atoms with E-state index < -0.39 is 0 Å². The molecule has 0 aliphatic heterocycles. The average molecular weight is 269 g/mol. The highest BCUT2D eigenvalue weighted by atomic mass is 16.5. The third-order valence-electron chi connectivity index (χ3n) is 3.23. The Morgan fingerprint density at radius 1 is 1.10 bits per heavy atom. The molecule has 104 valence electrons. The average Bonchev–Trinajstić information content (AvgIpc) is 2.45. The standard InChI is InChI=1S/C17H19NO2/c1-12-4-9-16(13(2)10-12)17(19)11-18-14-5-7-15(20-3)8-6-14/h4-10,18H,11H2,1-3H3. The van der Waals surface area contributed by atoms with Crippen LogP contribution in [0.1, 0.15) is 21.5 Å². The van der Waals surface area contributed by atoms with E-state index in [0.717, 1.165) is 22.6 Å². The summed E-state index contributed by atoms with van der Waals surface area (Å²) < 4.78 is 5.10. The van der Waals surface area contributed by atoms with Crippen LogP contribution < -0.4 is 10.1 Å². The highest BCUT2D eigenvalue weighted by Gasteiger charge is 2.08. The SMILES string of the molecule is COc1ccc(NCC(=O)c2ccc(C)cc2C)cc1. The van der Waals surface area contributed by atoms with Crippen molar-refractivity contribution in [2.24, 2.45) is 0 Å². The van der Waals surface area contributed by atoms with Gasteiger partial charge in [0.1, 0.15) is 5.75 Å². The van der Waals surface area contributed by atoms with Gasteiger partial charge in [0.05, 0.1) is 13.7 Å². The van der Waals surface area contributed by atoms with E-state index in [1.54, 1.807) is 7.11 Å². The lowest BCUT2D eigenvalue weighted by atomic mass is 10.0. The van der Waals surface area contributed by atoms with Crippen molar-refractivity contribution < 1.29 is 9.53 Å². The monoisotopic (exact) mass is 269 g/mol. The number of ether oxygens (including phenoxy) is 1. The van der Waals surface area contributed by atoms with Crippen molar-refractivity contribution in [3.05, 3.63) is 59.2 Å². The summed E-state index contributed by atoms with van der Waals surface area (Å²) in [5.74, 6) is 0.898. The Bertz CT molecular complexity index is 603. The fourth-order valence-electron chi connectivity index (χ4n) is 2.11. The second-order valence-electron chi connectivity index (χ2n) is 4.82. The highest BCUT2D eigenvalue weighted by molar-refractivity contribution is 6.00. The van der Waals surface area contributed by atoms with Crippen molar-refractivity contribution in [1.29, 1.82) is 0 Å². The summed E-state index contributed by atoms with van der Waals surface area (Å²) in [6.45, 7) is 4.28. The van der Waals surface area contributed by atoms with Crippen LogP contribution in [-0.4, -0.2) is 19.4 Å². The summed E-state index contributed by atoms with van der Waals surface area (Å²) in [5, 5.41) is 3.13. The van der Waals surface area contributed by atoms with Gasteiger partial charge < -0.3 is 10.1 Å². The lowest BCUT2D eigenvalue weighted by molar-refractivity contribution is 0.101. The van der Waals surface area contributed by atoms with Gasteiger partial charge in [0, 0.05) is 11.3 Å². The van der Waals surface area contributed by atoms with E-state index in [9.17, 15) is 4.79 Å². The van der Waals surface area contributed by atoms with Crippen LogP contribution in [0.5, 0.6) is 5.75 Å². The summed E-state index contributed by atoms with van der Waals surface area (Å²) in [7, 11) is 1.63. The number of rotatable bonds is 5. The van der Waals surface area contributed by atoms with Gasteiger partial charge in [0.2, 0.25) is 0 Å². The van der Waals surface area contributed by atoms with Crippen LogP contribution in [0.3, 0.4) is 0 Å². The van der Waals surface area contributed by atoms with Crippen LogP contribution in [0.25, 0.3) is 0 Å². The fourth-order valence-corrected chi connectivity index (χ4v) is 2.11. The predicted octanol–water partition coefficient (Wildman–Crippen LogP) is 3.61. The van der Waals surface area contributed by atoms with E-state index >= 15 is 0 Å².